The van der Waals surface area contributed by atoms with Gasteiger partial charge in [0.25, 0.3) is 0 Å². The molecule has 1 rings (SSSR count). The van der Waals surface area contributed by atoms with Gasteiger partial charge >= 0.3 is 7.48 Å². The van der Waals surface area contributed by atoms with Gasteiger partial charge in [0.15, 0.2) is 0 Å². The van der Waals surface area contributed by atoms with Gasteiger partial charge in [-0.2, -0.15) is 0 Å². The summed E-state index contributed by atoms with van der Waals surface area (Å²) in [7, 11) is 0.963. The Kier molecular flexibility index (Phi) is 2.28. The van der Waals surface area contributed by atoms with E-state index in [2.05, 4.69) is 0 Å². The molecule has 0 heterocycles. The lowest BCUT2D eigenvalue weighted by Gasteiger charge is -1.95. The summed E-state index contributed by atoms with van der Waals surface area (Å²) in [5.74, 6) is -0.463. The van der Waals surface area contributed by atoms with Gasteiger partial charge in [-0.15, -0.1) is 0 Å². The third-order valence-electron chi connectivity index (χ3n) is 1.34. The number of nitrogens with two attached hydrogens (primary N) is 1. The highest BCUT2D eigenvalue weighted by Gasteiger charge is 1.98. The van der Waals surface area contributed by atoms with Gasteiger partial charge in [-0.3, -0.25) is 4.79 Å². The summed E-state index contributed by atoms with van der Waals surface area (Å²) >= 11 is 0. The van der Waals surface area contributed by atoms with Crippen LogP contribution in [-0.4, -0.2) is 18.4 Å². The SMILES string of the molecule is NC(=O)c1ccc([B]O)cc1. The van der Waals surface area contributed by atoms with Crippen molar-refractivity contribution >= 4 is 18.9 Å². The molecule has 11 heavy (non-hydrogen) atoms. The molecule has 0 aliphatic carbocycles. The van der Waals surface area contributed by atoms with Crippen LogP contribution in [0, 0.1) is 0 Å². The fourth-order valence-electron chi connectivity index (χ4n) is 0.733. The predicted octanol–water partition coefficient (Wildman–Crippen LogP) is -0.978. The van der Waals surface area contributed by atoms with Crippen molar-refractivity contribution in [2.75, 3.05) is 0 Å². The summed E-state index contributed by atoms with van der Waals surface area (Å²) in [5, 5.41) is 8.53. The largest absolute Gasteiger partial charge is 0.450 e. The minimum Gasteiger partial charge on any atom is -0.450 e. The second kappa shape index (κ2) is 3.21. The van der Waals surface area contributed by atoms with E-state index in [0.29, 0.717) is 11.0 Å². The minimum atomic E-state index is -0.463. The quantitative estimate of drug-likeness (QED) is 0.529. The van der Waals surface area contributed by atoms with Crippen molar-refractivity contribution < 1.29 is 9.82 Å². The molecule has 0 fully saturated rings. The lowest BCUT2D eigenvalue weighted by Crippen LogP contribution is -2.16. The maximum Gasteiger partial charge on any atom is 0.326 e. The molecule has 0 bridgehead atoms. The van der Waals surface area contributed by atoms with Crippen molar-refractivity contribution in [3.8, 4) is 0 Å². The molecule has 1 amide bonds. The Hall–Kier alpha value is -1.29. The molecule has 0 spiro atoms. The molecule has 1 radical (unpaired) electrons. The number of benzene rings is 1. The Morgan fingerprint density at radius 2 is 1.91 bits per heavy atom. The van der Waals surface area contributed by atoms with Gasteiger partial charge in [-0.05, 0) is 12.1 Å². The molecule has 1 aromatic carbocycles. The van der Waals surface area contributed by atoms with Crippen LogP contribution in [0.2, 0.25) is 0 Å². The van der Waals surface area contributed by atoms with Gasteiger partial charge in [-0.25, -0.2) is 0 Å². The molecular formula is C7H7BNO2. The van der Waals surface area contributed by atoms with E-state index in [1.54, 1.807) is 24.3 Å². The molecule has 3 nitrogen and oxygen atoms in total. The first-order valence-corrected chi connectivity index (χ1v) is 3.11. The molecule has 0 aromatic heterocycles. The summed E-state index contributed by atoms with van der Waals surface area (Å²) in [4.78, 5) is 10.6. The van der Waals surface area contributed by atoms with Crippen LogP contribution in [0.5, 0.6) is 0 Å². The smallest absolute Gasteiger partial charge is 0.326 e. The van der Waals surface area contributed by atoms with Crippen LogP contribution >= 0.6 is 0 Å². The standard InChI is InChI=1S/C7H7BNO2/c9-7(10)5-1-3-6(8-11)4-2-5/h1-4,11H,(H2,9,10). The maximum absolute atomic E-state index is 10.6. The van der Waals surface area contributed by atoms with Crippen molar-refractivity contribution in [1.29, 1.82) is 0 Å². The third kappa shape index (κ3) is 1.81. The molecule has 0 atom stereocenters. The lowest BCUT2D eigenvalue weighted by molar-refractivity contribution is 0.100. The van der Waals surface area contributed by atoms with E-state index in [4.69, 9.17) is 10.8 Å². The van der Waals surface area contributed by atoms with Crippen LogP contribution in [0.4, 0.5) is 0 Å². The Morgan fingerprint density at radius 3 is 2.27 bits per heavy atom. The van der Waals surface area contributed by atoms with Crippen LogP contribution in [0.25, 0.3) is 0 Å². The van der Waals surface area contributed by atoms with Gasteiger partial charge in [0.2, 0.25) is 5.91 Å². The Morgan fingerprint density at radius 1 is 1.36 bits per heavy atom. The summed E-state index contributed by atoms with van der Waals surface area (Å²) in [6.45, 7) is 0. The summed E-state index contributed by atoms with van der Waals surface area (Å²) in [6.07, 6.45) is 0. The molecule has 0 aliphatic rings. The Balaban J connectivity index is 2.91. The van der Waals surface area contributed by atoms with Crippen molar-refractivity contribution in [2.24, 2.45) is 5.73 Å². The predicted molar refractivity (Wildman–Crippen MR) is 42.6 cm³/mol. The van der Waals surface area contributed by atoms with E-state index < -0.39 is 5.91 Å². The fourth-order valence-corrected chi connectivity index (χ4v) is 0.733. The minimum absolute atomic E-state index is 0.440. The molecule has 1 aromatic rings. The van der Waals surface area contributed by atoms with Crippen molar-refractivity contribution in [2.45, 2.75) is 0 Å². The first-order valence-electron chi connectivity index (χ1n) is 3.11. The van der Waals surface area contributed by atoms with Crippen LogP contribution in [-0.2, 0) is 0 Å². The van der Waals surface area contributed by atoms with E-state index in [-0.39, 0.29) is 0 Å². The summed E-state index contributed by atoms with van der Waals surface area (Å²) in [6, 6.07) is 6.34. The molecule has 0 saturated heterocycles. The zero-order valence-corrected chi connectivity index (χ0v) is 5.82. The van der Waals surface area contributed by atoms with Gasteiger partial charge < -0.3 is 10.8 Å². The first kappa shape index (κ1) is 7.82. The van der Waals surface area contributed by atoms with E-state index in [1.165, 1.54) is 0 Å². The van der Waals surface area contributed by atoms with E-state index >= 15 is 0 Å². The highest BCUT2D eigenvalue weighted by atomic mass is 16.2. The second-order valence-electron chi connectivity index (χ2n) is 2.12. The molecule has 0 saturated carbocycles. The highest BCUT2D eigenvalue weighted by molar-refractivity contribution is 6.45. The number of primary amides is 1. The Bertz CT molecular complexity index is 258. The molecule has 55 valence electrons. The van der Waals surface area contributed by atoms with Crippen molar-refractivity contribution in [1.82, 2.24) is 0 Å². The first-order chi connectivity index (χ1) is 5.24. The fraction of sp³-hybridized carbons (Fsp3) is 0. The maximum atomic E-state index is 10.6. The second-order valence-corrected chi connectivity index (χ2v) is 2.12. The average molecular weight is 148 g/mol. The number of rotatable bonds is 2. The monoisotopic (exact) mass is 148 g/mol. The normalized spacial score (nSPS) is 9.18. The van der Waals surface area contributed by atoms with Gasteiger partial charge in [0, 0.05) is 5.56 Å². The Labute approximate surface area is 65.1 Å². The van der Waals surface area contributed by atoms with Crippen LogP contribution in [0.3, 0.4) is 0 Å². The van der Waals surface area contributed by atoms with Crippen molar-refractivity contribution in [3.05, 3.63) is 29.8 Å². The van der Waals surface area contributed by atoms with Crippen molar-refractivity contribution in [3.63, 3.8) is 0 Å². The summed E-state index contributed by atoms with van der Waals surface area (Å²) < 4.78 is 0. The van der Waals surface area contributed by atoms with E-state index in [0.717, 1.165) is 7.48 Å². The number of amides is 1. The molecule has 3 N–H and O–H groups in total. The number of hydrogen-bond donors (Lipinski definition) is 2. The lowest BCUT2D eigenvalue weighted by atomic mass is 9.88. The van der Waals surface area contributed by atoms with Gasteiger partial charge in [0.05, 0.1) is 0 Å². The number of carbonyl (C=O) groups is 1. The topological polar surface area (TPSA) is 63.3 Å². The highest BCUT2D eigenvalue weighted by Crippen LogP contribution is 1.93. The third-order valence-corrected chi connectivity index (χ3v) is 1.34. The van der Waals surface area contributed by atoms with Gasteiger partial charge in [0.1, 0.15) is 0 Å². The summed E-state index contributed by atoms with van der Waals surface area (Å²) in [5.41, 5.74) is 6.08. The van der Waals surface area contributed by atoms with Crippen LogP contribution in [0.1, 0.15) is 10.4 Å². The zero-order chi connectivity index (χ0) is 8.27. The molecule has 4 heteroatoms. The molecule has 0 unspecified atom stereocenters. The zero-order valence-electron chi connectivity index (χ0n) is 5.82. The van der Waals surface area contributed by atoms with Crippen LogP contribution in [0.15, 0.2) is 24.3 Å². The number of hydrogen-bond acceptors (Lipinski definition) is 2. The van der Waals surface area contributed by atoms with Gasteiger partial charge in [-0.1, -0.05) is 17.6 Å². The number of carbonyl (C=O) groups excluding carboxylic acids is 1. The molecular weight excluding hydrogens is 141 g/mol. The molecule has 0 aliphatic heterocycles. The van der Waals surface area contributed by atoms with E-state index in [1.807, 2.05) is 0 Å². The van der Waals surface area contributed by atoms with E-state index in [9.17, 15) is 4.79 Å². The average Bonchev–Trinajstić information content (AvgIpc) is 2.05. The van der Waals surface area contributed by atoms with Crippen LogP contribution < -0.4 is 11.2 Å².